The fourth-order valence-corrected chi connectivity index (χ4v) is 4.44. The van der Waals surface area contributed by atoms with Crippen LogP contribution in [0.3, 0.4) is 0 Å². The molecule has 0 saturated heterocycles. The minimum atomic E-state index is -0.443. The van der Waals surface area contributed by atoms with Gasteiger partial charge in [-0.1, -0.05) is 61.3 Å². The number of nitrogen functional groups attached to an aromatic ring is 1. The number of H-pyrrole nitrogens is 1. The Labute approximate surface area is 199 Å². The van der Waals surface area contributed by atoms with Crippen LogP contribution in [0.4, 0.5) is 5.69 Å². The Morgan fingerprint density at radius 3 is 2.48 bits per heavy atom. The van der Waals surface area contributed by atoms with Crippen LogP contribution in [0, 0.1) is 0 Å². The largest absolute Gasteiger partial charge is 0.461 e. The summed E-state index contributed by atoms with van der Waals surface area (Å²) < 4.78 is 5.20. The van der Waals surface area contributed by atoms with E-state index in [0.29, 0.717) is 29.4 Å². The summed E-state index contributed by atoms with van der Waals surface area (Å²) in [6.07, 6.45) is 4.10. The zero-order chi connectivity index (χ0) is 23.4. The van der Waals surface area contributed by atoms with Gasteiger partial charge in [-0.3, -0.25) is 0 Å². The predicted octanol–water partition coefficient (Wildman–Crippen LogP) is 7.18. The SMILES string of the molecule is CCCCc1ccc(-c2cc(Cc3cccc(Cl)c3)c3c(N)c(C(=O)OCC)[nH]c3c2)cc1. The van der Waals surface area contributed by atoms with Crippen molar-refractivity contribution in [1.82, 2.24) is 4.98 Å². The fraction of sp³-hybridized carbons (Fsp3) is 0.250. The highest BCUT2D eigenvalue weighted by Crippen LogP contribution is 2.35. The second-order valence-electron chi connectivity index (χ2n) is 8.30. The number of carbonyl (C=O) groups is 1. The minimum absolute atomic E-state index is 0.290. The summed E-state index contributed by atoms with van der Waals surface area (Å²) >= 11 is 6.23. The van der Waals surface area contributed by atoms with E-state index in [4.69, 9.17) is 22.1 Å². The van der Waals surface area contributed by atoms with Crippen LogP contribution in [0.25, 0.3) is 22.0 Å². The summed E-state index contributed by atoms with van der Waals surface area (Å²) in [6, 6.07) is 20.7. The number of nitrogens with two attached hydrogens (primary N) is 1. The standard InChI is InChI=1S/C28H29ClN2O2/c1-3-5-7-18-10-12-20(13-11-18)21-16-22(14-19-8-6-9-23(29)15-19)25-24(17-21)31-27(26(25)30)28(32)33-4-2/h6,8-13,15-17,31H,3-5,7,14,30H2,1-2H3. The minimum Gasteiger partial charge on any atom is -0.461 e. The van der Waals surface area contributed by atoms with Crippen molar-refractivity contribution in [3.63, 3.8) is 0 Å². The van der Waals surface area contributed by atoms with Crippen LogP contribution < -0.4 is 5.73 Å². The van der Waals surface area contributed by atoms with Gasteiger partial charge < -0.3 is 15.5 Å². The number of aryl methyl sites for hydroxylation is 1. The number of benzene rings is 3. The van der Waals surface area contributed by atoms with Crippen molar-refractivity contribution in [1.29, 1.82) is 0 Å². The summed E-state index contributed by atoms with van der Waals surface area (Å²) in [5, 5.41) is 1.54. The van der Waals surface area contributed by atoms with Crippen molar-refractivity contribution in [2.24, 2.45) is 0 Å². The maximum atomic E-state index is 12.5. The Balaban J connectivity index is 1.82. The van der Waals surface area contributed by atoms with E-state index in [1.165, 1.54) is 18.4 Å². The molecule has 0 saturated carbocycles. The first-order valence-electron chi connectivity index (χ1n) is 11.4. The molecule has 1 aromatic heterocycles. The van der Waals surface area contributed by atoms with Crippen molar-refractivity contribution in [2.75, 3.05) is 12.3 Å². The molecule has 4 aromatic rings. The van der Waals surface area contributed by atoms with Crippen LogP contribution in [-0.2, 0) is 17.6 Å². The van der Waals surface area contributed by atoms with Gasteiger partial charge in [0.2, 0.25) is 0 Å². The Hall–Kier alpha value is -3.24. The first-order valence-corrected chi connectivity index (χ1v) is 11.8. The Kier molecular flexibility index (Phi) is 7.05. The molecule has 0 fully saturated rings. The highest BCUT2D eigenvalue weighted by Gasteiger charge is 2.20. The van der Waals surface area contributed by atoms with E-state index in [1.54, 1.807) is 6.92 Å². The maximum Gasteiger partial charge on any atom is 0.356 e. The van der Waals surface area contributed by atoms with Crippen LogP contribution in [0.2, 0.25) is 5.02 Å². The third kappa shape index (κ3) is 5.07. The number of unbranched alkanes of at least 4 members (excludes halogenated alkanes) is 1. The van der Waals surface area contributed by atoms with E-state index < -0.39 is 5.97 Å². The van der Waals surface area contributed by atoms with Crippen LogP contribution >= 0.6 is 11.6 Å². The van der Waals surface area contributed by atoms with Gasteiger partial charge in [0.1, 0.15) is 5.69 Å². The van der Waals surface area contributed by atoms with Crippen molar-refractivity contribution < 1.29 is 9.53 Å². The summed E-state index contributed by atoms with van der Waals surface area (Å²) in [5.74, 6) is -0.443. The van der Waals surface area contributed by atoms with Gasteiger partial charge in [-0.25, -0.2) is 4.79 Å². The molecule has 0 radical (unpaired) electrons. The van der Waals surface area contributed by atoms with Crippen molar-refractivity contribution >= 4 is 34.2 Å². The molecule has 1 heterocycles. The van der Waals surface area contributed by atoms with E-state index in [9.17, 15) is 4.79 Å². The number of rotatable bonds is 8. The van der Waals surface area contributed by atoms with Gasteiger partial charge >= 0.3 is 5.97 Å². The lowest BCUT2D eigenvalue weighted by Crippen LogP contribution is -2.07. The number of aromatic amines is 1. The van der Waals surface area contributed by atoms with Gasteiger partial charge in [-0.15, -0.1) is 0 Å². The highest BCUT2D eigenvalue weighted by atomic mass is 35.5. The molecule has 33 heavy (non-hydrogen) atoms. The molecular formula is C28H29ClN2O2. The summed E-state index contributed by atoms with van der Waals surface area (Å²) in [4.78, 5) is 15.7. The van der Waals surface area contributed by atoms with Crippen LogP contribution in [-0.4, -0.2) is 17.6 Å². The highest BCUT2D eigenvalue weighted by molar-refractivity contribution is 6.30. The Morgan fingerprint density at radius 1 is 1.00 bits per heavy atom. The Morgan fingerprint density at radius 2 is 1.79 bits per heavy atom. The molecule has 4 rings (SSSR count). The van der Waals surface area contributed by atoms with Crippen LogP contribution in [0.1, 0.15) is 53.9 Å². The zero-order valence-electron chi connectivity index (χ0n) is 19.1. The van der Waals surface area contributed by atoms with Gasteiger partial charge in [0.25, 0.3) is 0 Å². The number of halogens is 1. The van der Waals surface area contributed by atoms with Crippen LogP contribution in [0.5, 0.6) is 0 Å². The van der Waals surface area contributed by atoms with Gasteiger partial charge in [0.15, 0.2) is 0 Å². The lowest BCUT2D eigenvalue weighted by molar-refractivity contribution is 0.0522. The quantitative estimate of drug-likeness (QED) is 0.273. The van der Waals surface area contributed by atoms with E-state index in [1.807, 2.05) is 24.3 Å². The molecule has 0 atom stereocenters. The lowest BCUT2D eigenvalue weighted by Gasteiger charge is -2.11. The molecule has 0 aliphatic heterocycles. The average Bonchev–Trinajstić information content (AvgIpc) is 3.15. The van der Waals surface area contributed by atoms with Gasteiger partial charge in [0.05, 0.1) is 12.3 Å². The summed E-state index contributed by atoms with van der Waals surface area (Å²) in [5.41, 5.74) is 13.6. The monoisotopic (exact) mass is 460 g/mol. The molecular weight excluding hydrogens is 432 g/mol. The first kappa shape index (κ1) is 22.9. The van der Waals surface area contributed by atoms with E-state index in [2.05, 4.69) is 48.3 Å². The van der Waals surface area contributed by atoms with Crippen LogP contribution in [0.15, 0.2) is 60.7 Å². The molecule has 3 aromatic carbocycles. The molecule has 0 aliphatic carbocycles. The van der Waals surface area contributed by atoms with Gasteiger partial charge in [0, 0.05) is 15.9 Å². The maximum absolute atomic E-state index is 12.5. The smallest absolute Gasteiger partial charge is 0.356 e. The van der Waals surface area contributed by atoms with E-state index >= 15 is 0 Å². The fourth-order valence-electron chi connectivity index (χ4n) is 4.23. The molecule has 0 aliphatic rings. The molecule has 5 heteroatoms. The van der Waals surface area contributed by atoms with Gasteiger partial charge in [-0.05, 0) is 78.3 Å². The molecule has 3 N–H and O–H groups in total. The Bertz CT molecular complexity index is 1280. The third-order valence-corrected chi connectivity index (χ3v) is 6.12. The molecule has 170 valence electrons. The topological polar surface area (TPSA) is 68.1 Å². The lowest BCUT2D eigenvalue weighted by atomic mass is 9.94. The number of esters is 1. The van der Waals surface area contributed by atoms with E-state index in [0.717, 1.165) is 39.6 Å². The number of anilines is 1. The summed E-state index contributed by atoms with van der Waals surface area (Å²) in [6.45, 7) is 4.28. The number of carbonyl (C=O) groups excluding carboxylic acids is 1. The molecule has 4 nitrogen and oxygen atoms in total. The van der Waals surface area contributed by atoms with Crippen molar-refractivity contribution in [3.05, 3.63) is 88.1 Å². The molecule has 0 amide bonds. The second kappa shape index (κ2) is 10.1. The second-order valence-corrected chi connectivity index (χ2v) is 8.74. The molecule has 0 unspecified atom stereocenters. The number of hydrogen-bond donors (Lipinski definition) is 2. The molecule has 0 bridgehead atoms. The van der Waals surface area contributed by atoms with Gasteiger partial charge in [-0.2, -0.15) is 0 Å². The summed E-state index contributed by atoms with van der Waals surface area (Å²) in [7, 11) is 0. The number of hydrogen-bond acceptors (Lipinski definition) is 3. The number of aromatic nitrogens is 1. The number of fused-ring (bicyclic) bond motifs is 1. The number of ether oxygens (including phenoxy) is 1. The van der Waals surface area contributed by atoms with Crippen molar-refractivity contribution in [2.45, 2.75) is 39.5 Å². The number of nitrogens with one attached hydrogen (secondary N) is 1. The molecule has 0 spiro atoms. The predicted molar refractivity (Wildman–Crippen MR) is 137 cm³/mol. The van der Waals surface area contributed by atoms with Crippen molar-refractivity contribution in [3.8, 4) is 11.1 Å². The van der Waals surface area contributed by atoms with E-state index in [-0.39, 0.29) is 0 Å². The first-order chi connectivity index (χ1) is 16.0. The normalized spacial score (nSPS) is 11.1. The third-order valence-electron chi connectivity index (χ3n) is 5.89. The zero-order valence-corrected chi connectivity index (χ0v) is 19.8. The average molecular weight is 461 g/mol.